The largest absolute Gasteiger partial charge is 0.342 e. The van der Waals surface area contributed by atoms with Gasteiger partial charge >= 0.3 is 0 Å². The van der Waals surface area contributed by atoms with Crippen molar-refractivity contribution in [1.82, 2.24) is 0 Å². The molecule has 0 aromatic rings. The Bertz CT molecular complexity index is 108. The van der Waals surface area contributed by atoms with E-state index < -0.39 is 5.72 Å². The standard InChI is InChI=1S/C7H19N3O/c1-3-4-7(10,5-8)11-6(2)9/h6H,3-5,8-10H2,1-2H3. The van der Waals surface area contributed by atoms with Crippen molar-refractivity contribution in [3.05, 3.63) is 0 Å². The van der Waals surface area contributed by atoms with E-state index in [1.54, 1.807) is 6.92 Å². The Hall–Kier alpha value is -0.160. The summed E-state index contributed by atoms with van der Waals surface area (Å²) in [6.45, 7) is 4.08. The molecule has 0 aliphatic heterocycles. The Morgan fingerprint density at radius 3 is 2.36 bits per heavy atom. The summed E-state index contributed by atoms with van der Waals surface area (Å²) in [5.41, 5.74) is 15.9. The molecule has 0 saturated carbocycles. The Morgan fingerprint density at radius 2 is 2.09 bits per heavy atom. The van der Waals surface area contributed by atoms with Gasteiger partial charge in [0.15, 0.2) is 0 Å². The highest BCUT2D eigenvalue weighted by molar-refractivity contribution is 4.74. The maximum absolute atomic E-state index is 5.78. The van der Waals surface area contributed by atoms with Gasteiger partial charge in [-0.15, -0.1) is 0 Å². The van der Waals surface area contributed by atoms with Crippen molar-refractivity contribution < 1.29 is 4.74 Å². The molecule has 2 atom stereocenters. The molecular weight excluding hydrogens is 142 g/mol. The second-order valence-electron chi connectivity index (χ2n) is 2.84. The summed E-state index contributed by atoms with van der Waals surface area (Å²) in [5, 5.41) is 0. The maximum Gasteiger partial charge on any atom is 0.131 e. The van der Waals surface area contributed by atoms with E-state index in [0.29, 0.717) is 6.54 Å². The molecular formula is C7H19N3O. The molecule has 6 N–H and O–H groups in total. The summed E-state index contributed by atoms with van der Waals surface area (Å²) < 4.78 is 5.26. The van der Waals surface area contributed by atoms with Crippen LogP contribution >= 0.6 is 0 Å². The van der Waals surface area contributed by atoms with Crippen LogP contribution in [0.3, 0.4) is 0 Å². The lowest BCUT2D eigenvalue weighted by atomic mass is 10.1. The maximum atomic E-state index is 5.78. The van der Waals surface area contributed by atoms with E-state index in [4.69, 9.17) is 21.9 Å². The van der Waals surface area contributed by atoms with Gasteiger partial charge in [-0.25, -0.2) is 0 Å². The SMILES string of the molecule is CCCC(N)(CN)OC(C)N. The molecule has 4 nitrogen and oxygen atoms in total. The lowest BCUT2D eigenvalue weighted by Gasteiger charge is -2.29. The third-order valence-corrected chi connectivity index (χ3v) is 1.44. The minimum Gasteiger partial charge on any atom is -0.342 e. The molecule has 0 rings (SSSR count). The Morgan fingerprint density at radius 1 is 1.55 bits per heavy atom. The zero-order chi connectivity index (χ0) is 8.91. The highest BCUT2D eigenvalue weighted by Crippen LogP contribution is 2.10. The first-order valence-corrected chi connectivity index (χ1v) is 3.96. The van der Waals surface area contributed by atoms with Crippen molar-refractivity contribution in [2.45, 2.75) is 38.6 Å². The van der Waals surface area contributed by atoms with Gasteiger partial charge in [0.25, 0.3) is 0 Å². The normalized spacial score (nSPS) is 19.4. The summed E-state index contributed by atoms with van der Waals surface area (Å²) >= 11 is 0. The van der Waals surface area contributed by atoms with Crippen LogP contribution in [0.25, 0.3) is 0 Å². The van der Waals surface area contributed by atoms with Crippen LogP contribution in [0.4, 0.5) is 0 Å². The van der Waals surface area contributed by atoms with Crippen LogP contribution in [-0.4, -0.2) is 18.5 Å². The first-order chi connectivity index (χ1) is 5.04. The second kappa shape index (κ2) is 4.66. The molecule has 0 spiro atoms. The van der Waals surface area contributed by atoms with Gasteiger partial charge in [-0.05, 0) is 13.3 Å². The quantitative estimate of drug-likeness (QED) is 0.484. The van der Waals surface area contributed by atoms with E-state index in [-0.39, 0.29) is 6.23 Å². The summed E-state index contributed by atoms with van der Waals surface area (Å²) in [4.78, 5) is 0. The first kappa shape index (κ1) is 10.8. The molecule has 68 valence electrons. The second-order valence-corrected chi connectivity index (χ2v) is 2.84. The minimum atomic E-state index is -0.733. The van der Waals surface area contributed by atoms with Crippen molar-refractivity contribution in [2.24, 2.45) is 17.2 Å². The average molecular weight is 161 g/mol. The summed E-state index contributed by atoms with van der Waals surface area (Å²) in [6, 6.07) is 0. The number of hydrogen-bond acceptors (Lipinski definition) is 4. The minimum absolute atomic E-state index is 0.308. The van der Waals surface area contributed by atoms with Gasteiger partial charge in [0.2, 0.25) is 0 Å². The van der Waals surface area contributed by atoms with E-state index in [2.05, 4.69) is 0 Å². The molecule has 0 saturated heterocycles. The predicted octanol–water partition coefficient (Wildman–Crippen LogP) is -0.278. The lowest BCUT2D eigenvalue weighted by molar-refractivity contribution is -0.0802. The first-order valence-electron chi connectivity index (χ1n) is 3.96. The van der Waals surface area contributed by atoms with Crippen LogP contribution < -0.4 is 17.2 Å². The van der Waals surface area contributed by atoms with Gasteiger partial charge in [0, 0.05) is 6.54 Å². The summed E-state index contributed by atoms with van der Waals surface area (Å²) in [6.07, 6.45) is 1.33. The fourth-order valence-corrected chi connectivity index (χ4v) is 1.00. The summed E-state index contributed by atoms with van der Waals surface area (Å²) in [5.74, 6) is 0. The van der Waals surface area contributed by atoms with Crippen molar-refractivity contribution >= 4 is 0 Å². The van der Waals surface area contributed by atoms with Gasteiger partial charge in [0.1, 0.15) is 12.0 Å². The van der Waals surface area contributed by atoms with Crippen LogP contribution in [0.2, 0.25) is 0 Å². The van der Waals surface area contributed by atoms with Crippen molar-refractivity contribution in [3.8, 4) is 0 Å². The average Bonchev–Trinajstić information content (AvgIpc) is 1.87. The van der Waals surface area contributed by atoms with Crippen molar-refractivity contribution in [2.75, 3.05) is 6.54 Å². The van der Waals surface area contributed by atoms with Crippen molar-refractivity contribution in [1.29, 1.82) is 0 Å². The molecule has 0 fully saturated rings. The smallest absolute Gasteiger partial charge is 0.131 e. The Labute approximate surface area is 68.1 Å². The van der Waals surface area contributed by atoms with Gasteiger partial charge in [0.05, 0.1) is 0 Å². The third-order valence-electron chi connectivity index (χ3n) is 1.44. The number of rotatable bonds is 5. The molecule has 0 aliphatic carbocycles. The highest BCUT2D eigenvalue weighted by atomic mass is 16.5. The highest BCUT2D eigenvalue weighted by Gasteiger charge is 2.23. The molecule has 0 aliphatic rings. The van der Waals surface area contributed by atoms with E-state index >= 15 is 0 Å². The molecule has 4 heteroatoms. The van der Waals surface area contributed by atoms with Crippen LogP contribution in [0.1, 0.15) is 26.7 Å². The van der Waals surface area contributed by atoms with Crippen LogP contribution in [0.15, 0.2) is 0 Å². The Balaban J connectivity index is 3.87. The molecule has 11 heavy (non-hydrogen) atoms. The van der Waals surface area contributed by atoms with Gasteiger partial charge in [-0.1, -0.05) is 13.3 Å². The zero-order valence-corrected chi connectivity index (χ0v) is 7.34. The van der Waals surface area contributed by atoms with E-state index in [9.17, 15) is 0 Å². The molecule has 0 amide bonds. The van der Waals surface area contributed by atoms with Gasteiger partial charge < -0.3 is 21.9 Å². The summed E-state index contributed by atoms with van der Waals surface area (Å²) in [7, 11) is 0. The fourth-order valence-electron chi connectivity index (χ4n) is 1.00. The molecule has 0 aromatic carbocycles. The third kappa shape index (κ3) is 4.31. The van der Waals surface area contributed by atoms with E-state index in [0.717, 1.165) is 12.8 Å². The van der Waals surface area contributed by atoms with Gasteiger partial charge in [-0.2, -0.15) is 0 Å². The van der Waals surface area contributed by atoms with E-state index in [1.165, 1.54) is 0 Å². The predicted molar refractivity (Wildman–Crippen MR) is 45.6 cm³/mol. The van der Waals surface area contributed by atoms with Crippen LogP contribution in [-0.2, 0) is 4.74 Å². The Kier molecular flexibility index (Phi) is 4.60. The molecule has 0 radical (unpaired) electrons. The molecule has 2 unspecified atom stereocenters. The topological polar surface area (TPSA) is 87.3 Å². The fraction of sp³-hybridized carbons (Fsp3) is 1.00. The monoisotopic (exact) mass is 161 g/mol. The van der Waals surface area contributed by atoms with Crippen LogP contribution in [0, 0.1) is 0 Å². The van der Waals surface area contributed by atoms with Gasteiger partial charge in [-0.3, -0.25) is 0 Å². The molecule has 0 bridgehead atoms. The number of nitrogens with two attached hydrogens (primary N) is 3. The van der Waals surface area contributed by atoms with Crippen molar-refractivity contribution in [3.63, 3.8) is 0 Å². The molecule has 0 heterocycles. The zero-order valence-electron chi connectivity index (χ0n) is 7.34. The van der Waals surface area contributed by atoms with Crippen LogP contribution in [0.5, 0.6) is 0 Å². The molecule has 0 aromatic heterocycles. The number of hydrogen-bond donors (Lipinski definition) is 3. The van der Waals surface area contributed by atoms with E-state index in [1.807, 2.05) is 6.92 Å². The number of ether oxygens (including phenoxy) is 1. The lowest BCUT2D eigenvalue weighted by Crippen LogP contribution is -2.52.